The van der Waals surface area contributed by atoms with E-state index in [4.69, 9.17) is 0 Å². The van der Waals surface area contributed by atoms with Gasteiger partial charge in [-0.15, -0.1) is 0 Å². The van der Waals surface area contributed by atoms with Crippen molar-refractivity contribution in [3.8, 4) is 0 Å². The molecule has 0 bridgehead atoms. The SMILES string of the molecule is Cc1cccc(C(=O)N(c2ccc(F)cc2)C2CCN(CC(C)C)CC2)c1. The number of hydrogen-bond acceptors (Lipinski definition) is 2. The highest BCUT2D eigenvalue weighted by Crippen LogP contribution is 2.27. The van der Waals surface area contributed by atoms with Crippen LogP contribution in [0.25, 0.3) is 0 Å². The first-order valence-corrected chi connectivity index (χ1v) is 9.82. The van der Waals surface area contributed by atoms with Crippen LogP contribution in [-0.2, 0) is 0 Å². The average Bonchev–Trinajstić information content (AvgIpc) is 2.64. The van der Waals surface area contributed by atoms with Crippen molar-refractivity contribution in [2.24, 2.45) is 5.92 Å². The second-order valence-electron chi connectivity index (χ2n) is 7.95. The van der Waals surface area contributed by atoms with Crippen molar-refractivity contribution < 1.29 is 9.18 Å². The predicted molar refractivity (Wildman–Crippen MR) is 109 cm³/mol. The fourth-order valence-electron chi connectivity index (χ4n) is 3.89. The second kappa shape index (κ2) is 8.66. The summed E-state index contributed by atoms with van der Waals surface area (Å²) in [5.74, 6) is 0.352. The molecule has 4 heteroatoms. The van der Waals surface area contributed by atoms with Gasteiger partial charge in [0.05, 0.1) is 0 Å². The van der Waals surface area contributed by atoms with E-state index in [1.807, 2.05) is 36.1 Å². The van der Waals surface area contributed by atoms with Crippen LogP contribution >= 0.6 is 0 Å². The third-order valence-corrected chi connectivity index (χ3v) is 5.13. The lowest BCUT2D eigenvalue weighted by atomic mass is 9.99. The number of carbonyl (C=O) groups is 1. The number of piperidine rings is 1. The van der Waals surface area contributed by atoms with Crippen molar-refractivity contribution in [1.82, 2.24) is 4.90 Å². The van der Waals surface area contributed by atoms with E-state index < -0.39 is 0 Å². The van der Waals surface area contributed by atoms with Crippen LogP contribution in [0.1, 0.15) is 42.6 Å². The molecule has 1 aliphatic heterocycles. The summed E-state index contributed by atoms with van der Waals surface area (Å²) in [7, 11) is 0. The summed E-state index contributed by atoms with van der Waals surface area (Å²) in [4.78, 5) is 17.7. The van der Waals surface area contributed by atoms with Gasteiger partial charge in [-0.1, -0.05) is 31.5 Å². The Labute approximate surface area is 161 Å². The summed E-state index contributed by atoms with van der Waals surface area (Å²) in [6.45, 7) is 9.53. The van der Waals surface area contributed by atoms with Crippen LogP contribution in [0.2, 0.25) is 0 Å². The number of aryl methyl sites for hydroxylation is 1. The normalized spacial score (nSPS) is 15.9. The molecule has 0 saturated carbocycles. The summed E-state index contributed by atoms with van der Waals surface area (Å²) in [6.07, 6.45) is 1.86. The molecule has 1 heterocycles. The quantitative estimate of drug-likeness (QED) is 0.749. The minimum atomic E-state index is -0.284. The molecular formula is C23H29FN2O. The van der Waals surface area contributed by atoms with Crippen LogP contribution < -0.4 is 4.90 Å². The maximum Gasteiger partial charge on any atom is 0.258 e. The number of likely N-dealkylation sites (tertiary alicyclic amines) is 1. The summed E-state index contributed by atoms with van der Waals surface area (Å²) < 4.78 is 13.4. The zero-order chi connectivity index (χ0) is 19.4. The third kappa shape index (κ3) is 4.95. The molecule has 0 aliphatic carbocycles. The number of amides is 1. The maximum absolute atomic E-state index is 13.4. The molecule has 144 valence electrons. The van der Waals surface area contributed by atoms with Gasteiger partial charge in [0.1, 0.15) is 5.82 Å². The number of halogens is 1. The van der Waals surface area contributed by atoms with E-state index in [1.165, 1.54) is 12.1 Å². The lowest BCUT2D eigenvalue weighted by Gasteiger charge is -2.39. The molecule has 2 aromatic carbocycles. The second-order valence-corrected chi connectivity index (χ2v) is 7.95. The summed E-state index contributed by atoms with van der Waals surface area (Å²) in [5, 5.41) is 0. The summed E-state index contributed by atoms with van der Waals surface area (Å²) >= 11 is 0. The Kier molecular flexibility index (Phi) is 6.27. The van der Waals surface area contributed by atoms with Crippen LogP contribution in [0.3, 0.4) is 0 Å². The van der Waals surface area contributed by atoms with E-state index in [2.05, 4.69) is 18.7 Å². The summed E-state index contributed by atoms with van der Waals surface area (Å²) in [5.41, 5.74) is 2.51. The number of benzene rings is 2. The van der Waals surface area contributed by atoms with Gasteiger partial charge < -0.3 is 9.80 Å². The van der Waals surface area contributed by atoms with Crippen LogP contribution in [0, 0.1) is 18.7 Å². The van der Waals surface area contributed by atoms with Crippen LogP contribution in [0.15, 0.2) is 48.5 Å². The van der Waals surface area contributed by atoms with Crippen LogP contribution in [0.4, 0.5) is 10.1 Å². The van der Waals surface area contributed by atoms with Crippen LogP contribution in [-0.4, -0.2) is 36.5 Å². The number of carbonyl (C=O) groups excluding carboxylic acids is 1. The molecule has 0 unspecified atom stereocenters. The number of nitrogens with zero attached hydrogens (tertiary/aromatic N) is 2. The smallest absolute Gasteiger partial charge is 0.258 e. The zero-order valence-electron chi connectivity index (χ0n) is 16.5. The van der Waals surface area contributed by atoms with E-state index >= 15 is 0 Å². The molecule has 0 aromatic heterocycles. The van der Waals surface area contributed by atoms with Crippen molar-refractivity contribution in [1.29, 1.82) is 0 Å². The Morgan fingerprint density at radius 1 is 1.15 bits per heavy atom. The van der Waals surface area contributed by atoms with Gasteiger partial charge in [0.2, 0.25) is 0 Å². The van der Waals surface area contributed by atoms with Crippen molar-refractivity contribution in [3.63, 3.8) is 0 Å². The molecule has 3 nitrogen and oxygen atoms in total. The third-order valence-electron chi connectivity index (χ3n) is 5.13. The van der Waals surface area contributed by atoms with E-state index in [0.717, 1.165) is 43.7 Å². The Morgan fingerprint density at radius 3 is 2.41 bits per heavy atom. The van der Waals surface area contributed by atoms with Crippen molar-refractivity contribution in [2.45, 2.75) is 39.7 Å². The Balaban J connectivity index is 1.85. The Hall–Kier alpha value is -2.20. The molecule has 3 rings (SSSR count). The molecule has 27 heavy (non-hydrogen) atoms. The van der Waals surface area contributed by atoms with Crippen molar-refractivity contribution >= 4 is 11.6 Å². The van der Waals surface area contributed by atoms with Gasteiger partial charge in [0, 0.05) is 36.9 Å². The Bertz CT molecular complexity index is 764. The van der Waals surface area contributed by atoms with Gasteiger partial charge in [0.25, 0.3) is 5.91 Å². The van der Waals surface area contributed by atoms with Gasteiger partial charge >= 0.3 is 0 Å². The first-order valence-electron chi connectivity index (χ1n) is 9.82. The fraction of sp³-hybridized carbons (Fsp3) is 0.435. The summed E-state index contributed by atoms with van der Waals surface area (Å²) in [6, 6.07) is 14.1. The molecule has 1 aliphatic rings. The topological polar surface area (TPSA) is 23.6 Å². The number of hydrogen-bond donors (Lipinski definition) is 0. The largest absolute Gasteiger partial charge is 0.305 e. The molecule has 1 amide bonds. The highest BCUT2D eigenvalue weighted by atomic mass is 19.1. The van der Waals surface area contributed by atoms with E-state index in [9.17, 15) is 9.18 Å². The van der Waals surface area contributed by atoms with Gasteiger partial charge in [0.15, 0.2) is 0 Å². The number of anilines is 1. The maximum atomic E-state index is 13.4. The molecule has 1 saturated heterocycles. The van der Waals surface area contributed by atoms with E-state index in [0.29, 0.717) is 11.5 Å². The first kappa shape index (κ1) is 19.6. The zero-order valence-corrected chi connectivity index (χ0v) is 16.5. The van der Waals surface area contributed by atoms with Gasteiger partial charge in [-0.25, -0.2) is 4.39 Å². The van der Waals surface area contributed by atoms with Gasteiger partial charge in [-0.05, 0) is 62.1 Å². The minimum Gasteiger partial charge on any atom is -0.305 e. The monoisotopic (exact) mass is 368 g/mol. The van der Waals surface area contributed by atoms with Crippen molar-refractivity contribution in [3.05, 3.63) is 65.5 Å². The minimum absolute atomic E-state index is 0.00684. The van der Waals surface area contributed by atoms with Crippen LogP contribution in [0.5, 0.6) is 0 Å². The van der Waals surface area contributed by atoms with Gasteiger partial charge in [-0.2, -0.15) is 0 Å². The fourth-order valence-corrected chi connectivity index (χ4v) is 3.89. The van der Waals surface area contributed by atoms with E-state index in [-0.39, 0.29) is 17.8 Å². The average molecular weight is 368 g/mol. The molecule has 1 fully saturated rings. The van der Waals surface area contributed by atoms with Gasteiger partial charge in [-0.3, -0.25) is 4.79 Å². The highest BCUT2D eigenvalue weighted by molar-refractivity contribution is 6.06. The van der Waals surface area contributed by atoms with Crippen molar-refractivity contribution in [2.75, 3.05) is 24.5 Å². The molecule has 2 aromatic rings. The van der Waals surface area contributed by atoms with E-state index in [1.54, 1.807) is 12.1 Å². The Morgan fingerprint density at radius 2 is 1.81 bits per heavy atom. The molecular weight excluding hydrogens is 339 g/mol. The lowest BCUT2D eigenvalue weighted by Crippen LogP contribution is -2.48. The lowest BCUT2D eigenvalue weighted by molar-refractivity contribution is 0.0957. The standard InChI is InChI=1S/C23H29FN2O/c1-17(2)16-25-13-11-22(12-14-25)26(21-9-7-20(24)8-10-21)23(27)19-6-4-5-18(3)15-19/h4-10,15,17,22H,11-14,16H2,1-3H3. The molecule has 0 N–H and O–H groups in total. The molecule has 0 spiro atoms. The molecule has 0 radical (unpaired) electrons. The molecule has 0 atom stereocenters. The number of rotatable bonds is 5. The predicted octanol–water partition coefficient (Wildman–Crippen LogP) is 4.90. The first-order chi connectivity index (χ1) is 12.9. The highest BCUT2D eigenvalue weighted by Gasteiger charge is 2.30.